The molecule has 11 heteroatoms. The molecule has 0 spiro atoms. The van der Waals surface area contributed by atoms with Gasteiger partial charge in [-0.2, -0.15) is 4.98 Å². The minimum atomic E-state index is -0.586. The van der Waals surface area contributed by atoms with Crippen molar-refractivity contribution < 1.29 is 23.8 Å². The molecule has 3 aromatic carbocycles. The molecule has 0 saturated carbocycles. The number of fused-ring (bicyclic) bond motifs is 1. The zero-order valence-corrected chi connectivity index (χ0v) is 25.2. The molecule has 6 rings (SSSR count). The maximum Gasteiger partial charge on any atom is 0.338 e. The van der Waals surface area contributed by atoms with Gasteiger partial charge in [0.05, 0.1) is 18.8 Å². The summed E-state index contributed by atoms with van der Waals surface area (Å²) in [5.41, 5.74) is 3.94. The number of thioether (sulfide) groups is 1. The quantitative estimate of drug-likeness (QED) is 0.199. The molecular formula is C33H33N5O5S. The van der Waals surface area contributed by atoms with E-state index in [1.165, 1.54) is 11.8 Å². The lowest BCUT2D eigenvalue weighted by atomic mass is 9.95. The number of morpholine rings is 1. The topological polar surface area (TPSA) is 108 Å². The van der Waals surface area contributed by atoms with Crippen molar-refractivity contribution in [3.63, 3.8) is 0 Å². The lowest BCUT2D eigenvalue weighted by Gasteiger charge is -2.28. The number of aromatic nitrogens is 3. The highest BCUT2D eigenvalue weighted by atomic mass is 32.2. The summed E-state index contributed by atoms with van der Waals surface area (Å²) >= 11 is 1.52. The number of benzene rings is 3. The average molecular weight is 612 g/mol. The van der Waals surface area contributed by atoms with Crippen LogP contribution in [0.15, 0.2) is 101 Å². The van der Waals surface area contributed by atoms with Crippen molar-refractivity contribution in [1.82, 2.24) is 19.7 Å². The first-order valence-corrected chi connectivity index (χ1v) is 15.4. The minimum absolute atomic E-state index is 0.0575. The van der Waals surface area contributed by atoms with E-state index in [0.29, 0.717) is 60.2 Å². The van der Waals surface area contributed by atoms with Gasteiger partial charge in [-0.05, 0) is 35.7 Å². The summed E-state index contributed by atoms with van der Waals surface area (Å²) in [6.07, 6.45) is 0. The van der Waals surface area contributed by atoms with Crippen molar-refractivity contribution in [3.8, 4) is 5.75 Å². The zero-order chi connectivity index (χ0) is 30.3. The Hall–Kier alpha value is -4.61. The normalized spacial score (nSPS) is 16.2. The van der Waals surface area contributed by atoms with E-state index in [1.54, 1.807) is 21.7 Å². The number of ether oxygens (including phenoxy) is 3. The molecule has 1 fully saturated rings. The van der Waals surface area contributed by atoms with Gasteiger partial charge in [0.15, 0.2) is 6.61 Å². The van der Waals surface area contributed by atoms with Crippen LogP contribution in [0.1, 0.15) is 29.7 Å². The zero-order valence-electron chi connectivity index (χ0n) is 24.3. The van der Waals surface area contributed by atoms with Crippen LogP contribution in [0, 0.1) is 0 Å². The van der Waals surface area contributed by atoms with E-state index in [-0.39, 0.29) is 19.1 Å². The third kappa shape index (κ3) is 6.95. The first-order valence-electron chi connectivity index (χ1n) is 14.5. The molecule has 2 aliphatic heterocycles. The Kier molecular flexibility index (Phi) is 9.23. The molecule has 3 heterocycles. The van der Waals surface area contributed by atoms with E-state index < -0.39 is 12.0 Å². The second kappa shape index (κ2) is 13.8. The van der Waals surface area contributed by atoms with E-state index in [2.05, 4.69) is 17.4 Å². The standard InChI is InChI=1S/C33H33N5O5S/c1-23-29(31(40)43-20-24-8-4-2-5-9-24)30(38-32(34-23)35-33(36-38)44-22-25-10-6-3-7-11-25)26-12-14-27(15-13-26)42-21-28(39)37-16-18-41-19-17-37/h2-15,30H,16-22H2,1H3,(H,34,35,36). The molecule has 0 aliphatic carbocycles. The Morgan fingerprint density at radius 1 is 0.955 bits per heavy atom. The lowest BCUT2D eigenvalue weighted by molar-refractivity contribution is -0.141. The van der Waals surface area contributed by atoms with Crippen molar-refractivity contribution in [3.05, 3.63) is 113 Å². The van der Waals surface area contributed by atoms with Crippen LogP contribution in [0.5, 0.6) is 5.75 Å². The number of carbonyl (C=O) groups is 2. The Labute approximate surface area is 260 Å². The van der Waals surface area contributed by atoms with Crippen LogP contribution in [0.4, 0.5) is 5.95 Å². The second-order valence-electron chi connectivity index (χ2n) is 10.4. The molecule has 44 heavy (non-hydrogen) atoms. The van der Waals surface area contributed by atoms with Crippen molar-refractivity contribution in [1.29, 1.82) is 0 Å². The van der Waals surface area contributed by atoms with Crippen LogP contribution in [-0.4, -0.2) is 64.5 Å². The number of esters is 1. The summed E-state index contributed by atoms with van der Waals surface area (Å²) in [5.74, 6) is 1.28. The Balaban J connectivity index is 1.23. The van der Waals surface area contributed by atoms with Crippen LogP contribution in [0.25, 0.3) is 0 Å². The van der Waals surface area contributed by atoms with Gasteiger partial charge < -0.3 is 24.4 Å². The molecule has 1 unspecified atom stereocenters. The molecule has 4 aromatic rings. The smallest absolute Gasteiger partial charge is 0.338 e. The van der Waals surface area contributed by atoms with Crippen molar-refractivity contribution in [2.45, 2.75) is 30.5 Å². The largest absolute Gasteiger partial charge is 0.484 e. The molecule has 1 N–H and O–H groups in total. The molecule has 1 aromatic heterocycles. The number of rotatable bonds is 10. The minimum Gasteiger partial charge on any atom is -0.484 e. The van der Waals surface area contributed by atoms with Crippen molar-refractivity contribution >= 4 is 29.6 Å². The molecule has 1 atom stereocenters. The highest BCUT2D eigenvalue weighted by Crippen LogP contribution is 2.37. The Morgan fingerprint density at radius 3 is 2.34 bits per heavy atom. The van der Waals surface area contributed by atoms with Crippen LogP contribution < -0.4 is 10.1 Å². The predicted octanol–water partition coefficient (Wildman–Crippen LogP) is 4.84. The third-order valence-electron chi connectivity index (χ3n) is 7.40. The molecule has 1 saturated heterocycles. The van der Waals surface area contributed by atoms with Gasteiger partial charge in [-0.1, -0.05) is 84.6 Å². The maximum absolute atomic E-state index is 13.6. The van der Waals surface area contributed by atoms with Gasteiger partial charge in [0.25, 0.3) is 5.91 Å². The SMILES string of the molecule is CC1=C(C(=O)OCc2ccccc2)C(c2ccc(OCC(=O)N3CCOCC3)cc2)n2nc(SCc3ccccc3)nc2N1. The lowest BCUT2D eigenvalue weighted by Crippen LogP contribution is -2.42. The van der Waals surface area contributed by atoms with Crippen LogP contribution >= 0.6 is 11.8 Å². The van der Waals surface area contributed by atoms with Crippen molar-refractivity contribution in [2.24, 2.45) is 0 Å². The summed E-state index contributed by atoms with van der Waals surface area (Å²) in [7, 11) is 0. The van der Waals surface area contributed by atoms with E-state index in [0.717, 1.165) is 16.7 Å². The number of anilines is 1. The molecule has 10 nitrogen and oxygen atoms in total. The number of amides is 1. The molecular weight excluding hydrogens is 578 g/mol. The first-order chi connectivity index (χ1) is 21.5. The maximum atomic E-state index is 13.6. The number of hydrogen-bond donors (Lipinski definition) is 1. The molecule has 226 valence electrons. The van der Waals surface area contributed by atoms with E-state index in [1.807, 2.05) is 67.6 Å². The highest BCUT2D eigenvalue weighted by Gasteiger charge is 2.35. The van der Waals surface area contributed by atoms with Gasteiger partial charge in [-0.25, -0.2) is 9.48 Å². The fourth-order valence-corrected chi connectivity index (χ4v) is 5.87. The molecule has 2 aliphatic rings. The van der Waals surface area contributed by atoms with Gasteiger partial charge in [0.2, 0.25) is 11.1 Å². The van der Waals surface area contributed by atoms with Gasteiger partial charge in [-0.3, -0.25) is 4.79 Å². The summed E-state index contributed by atoms with van der Waals surface area (Å²) in [5, 5.41) is 8.67. The third-order valence-corrected chi connectivity index (χ3v) is 8.31. The molecule has 0 radical (unpaired) electrons. The number of hydrogen-bond acceptors (Lipinski definition) is 9. The number of allylic oxidation sites excluding steroid dienone is 1. The fraction of sp³-hybridized carbons (Fsp3) is 0.273. The van der Waals surface area contributed by atoms with Gasteiger partial charge >= 0.3 is 5.97 Å². The average Bonchev–Trinajstić information content (AvgIpc) is 3.48. The van der Waals surface area contributed by atoms with Gasteiger partial charge in [0, 0.05) is 24.5 Å². The van der Waals surface area contributed by atoms with E-state index in [4.69, 9.17) is 24.3 Å². The molecule has 0 bridgehead atoms. The van der Waals surface area contributed by atoms with Gasteiger partial charge in [0.1, 0.15) is 18.4 Å². The monoisotopic (exact) mass is 611 g/mol. The second-order valence-corrected chi connectivity index (χ2v) is 11.4. The number of nitrogens with zero attached hydrogens (tertiary/aromatic N) is 4. The highest BCUT2D eigenvalue weighted by molar-refractivity contribution is 7.98. The summed E-state index contributed by atoms with van der Waals surface area (Å²) in [6, 6.07) is 26.5. The first kappa shape index (κ1) is 29.5. The van der Waals surface area contributed by atoms with E-state index >= 15 is 0 Å². The van der Waals surface area contributed by atoms with Crippen LogP contribution in [0.3, 0.4) is 0 Å². The summed E-state index contributed by atoms with van der Waals surface area (Å²) in [6.45, 7) is 4.14. The van der Waals surface area contributed by atoms with Crippen LogP contribution in [-0.2, 0) is 31.4 Å². The van der Waals surface area contributed by atoms with E-state index in [9.17, 15) is 9.59 Å². The summed E-state index contributed by atoms with van der Waals surface area (Å²) in [4.78, 5) is 32.6. The molecule has 1 amide bonds. The summed E-state index contributed by atoms with van der Waals surface area (Å²) < 4.78 is 18.7. The fourth-order valence-electron chi connectivity index (χ4n) is 5.08. The van der Waals surface area contributed by atoms with Crippen molar-refractivity contribution in [2.75, 3.05) is 38.2 Å². The Bertz CT molecular complexity index is 1620. The predicted molar refractivity (Wildman–Crippen MR) is 166 cm³/mol. The number of nitrogens with one attached hydrogen (secondary N) is 1. The van der Waals surface area contributed by atoms with Gasteiger partial charge in [-0.15, -0.1) is 5.10 Å². The van der Waals surface area contributed by atoms with Crippen LogP contribution in [0.2, 0.25) is 0 Å². The Morgan fingerprint density at radius 2 is 1.64 bits per heavy atom. The number of carbonyl (C=O) groups excluding carboxylic acids is 2.